The number of aliphatic imine (C=N–C) groups is 1. The number of carbonyl (C=O) groups excluding carboxylic acids is 4. The molecule has 0 aromatic heterocycles. The fourth-order valence-corrected chi connectivity index (χ4v) is 5.43. The Morgan fingerprint density at radius 1 is 0.979 bits per heavy atom. The molecule has 1 heterocycles. The van der Waals surface area contributed by atoms with Crippen LogP contribution < -0.4 is 10.1 Å². The number of nitrogens with one attached hydrogen (secondary N) is 1. The summed E-state index contributed by atoms with van der Waals surface area (Å²) in [7, 11) is 0. The first-order valence-corrected chi connectivity index (χ1v) is 15.9. The van der Waals surface area contributed by atoms with Gasteiger partial charge in [0.1, 0.15) is 11.3 Å². The Labute approximate surface area is 278 Å². The van der Waals surface area contributed by atoms with Gasteiger partial charge in [-0.2, -0.15) is 4.99 Å². The van der Waals surface area contributed by atoms with Gasteiger partial charge in [-0.3, -0.25) is 19.3 Å². The number of para-hydroxylation sites is 1. The van der Waals surface area contributed by atoms with Crippen LogP contribution in [-0.2, 0) is 23.9 Å². The lowest BCUT2D eigenvalue weighted by Gasteiger charge is -2.28. The highest BCUT2D eigenvalue weighted by molar-refractivity contribution is 8.14. The molecule has 0 unspecified atom stereocenters. The van der Waals surface area contributed by atoms with Gasteiger partial charge in [-0.1, -0.05) is 115 Å². The van der Waals surface area contributed by atoms with E-state index in [-0.39, 0.29) is 41.4 Å². The van der Waals surface area contributed by atoms with Crippen molar-refractivity contribution in [2.45, 2.75) is 19.9 Å². The summed E-state index contributed by atoms with van der Waals surface area (Å²) in [5.41, 5.74) is 2.43. The highest BCUT2D eigenvalue weighted by Gasteiger charge is 2.35. The van der Waals surface area contributed by atoms with Gasteiger partial charge in [-0.05, 0) is 43.2 Å². The number of carbonyl (C=O) groups is 4. The normalized spacial score (nSPS) is 14.4. The van der Waals surface area contributed by atoms with Crippen LogP contribution in [0.1, 0.15) is 36.6 Å². The number of hydrogen-bond acceptors (Lipinski definition) is 7. The Morgan fingerprint density at radius 3 is 2.23 bits per heavy atom. The van der Waals surface area contributed by atoms with E-state index in [0.717, 1.165) is 22.9 Å². The number of benzene rings is 3. The summed E-state index contributed by atoms with van der Waals surface area (Å²) in [6.07, 6.45) is 7.94. The SMILES string of the molecule is C=C/C=C\C(=C/C)N1C(=O)/C(=C/c2ccccc2OCC(=O)OCC)C(=O)N=C1SCC(=O)NC(c1ccccc1)c1ccccc1. The van der Waals surface area contributed by atoms with Crippen LogP contribution in [0, 0.1) is 0 Å². The Morgan fingerprint density at radius 2 is 1.62 bits per heavy atom. The number of esters is 1. The van der Waals surface area contributed by atoms with Crippen LogP contribution in [0.3, 0.4) is 0 Å². The summed E-state index contributed by atoms with van der Waals surface area (Å²) in [4.78, 5) is 58.1. The van der Waals surface area contributed by atoms with E-state index >= 15 is 0 Å². The van der Waals surface area contributed by atoms with Crippen LogP contribution in [0.15, 0.2) is 132 Å². The van der Waals surface area contributed by atoms with Crippen molar-refractivity contribution in [1.82, 2.24) is 10.2 Å². The summed E-state index contributed by atoms with van der Waals surface area (Å²) in [6.45, 7) is 7.01. The molecule has 10 heteroatoms. The molecule has 240 valence electrons. The number of hydrogen-bond donors (Lipinski definition) is 1. The van der Waals surface area contributed by atoms with E-state index in [9.17, 15) is 19.2 Å². The third-order valence-electron chi connectivity index (χ3n) is 6.78. The van der Waals surface area contributed by atoms with Crippen LogP contribution in [0.25, 0.3) is 6.08 Å². The van der Waals surface area contributed by atoms with E-state index in [0.29, 0.717) is 11.3 Å². The lowest BCUT2D eigenvalue weighted by molar-refractivity contribution is -0.145. The smallest absolute Gasteiger partial charge is 0.344 e. The molecule has 0 spiro atoms. The third kappa shape index (κ3) is 9.27. The number of amidine groups is 1. The number of thioether (sulfide) groups is 1. The first kappa shape index (κ1) is 34.4. The van der Waals surface area contributed by atoms with E-state index in [1.165, 1.54) is 11.0 Å². The number of amides is 3. The van der Waals surface area contributed by atoms with Crippen LogP contribution in [-0.4, -0.2) is 52.7 Å². The second-order valence-corrected chi connectivity index (χ2v) is 10.9. The molecule has 0 fully saturated rings. The van der Waals surface area contributed by atoms with Crippen LogP contribution in [0.4, 0.5) is 0 Å². The van der Waals surface area contributed by atoms with Gasteiger partial charge in [-0.25, -0.2) is 4.79 Å². The van der Waals surface area contributed by atoms with Gasteiger partial charge in [0, 0.05) is 11.3 Å². The predicted octanol–water partition coefficient (Wildman–Crippen LogP) is 6.02. The molecule has 0 atom stereocenters. The summed E-state index contributed by atoms with van der Waals surface area (Å²) >= 11 is 0.976. The molecule has 1 aliphatic heterocycles. The van der Waals surface area contributed by atoms with Crippen LogP contribution in [0.5, 0.6) is 5.75 Å². The molecule has 1 N–H and O–H groups in total. The van der Waals surface area contributed by atoms with Crippen molar-refractivity contribution >= 4 is 46.7 Å². The molecular formula is C37H35N3O6S. The second kappa shape index (κ2) is 17.3. The monoisotopic (exact) mass is 649 g/mol. The van der Waals surface area contributed by atoms with Crippen molar-refractivity contribution in [3.63, 3.8) is 0 Å². The fraction of sp³-hybridized carbons (Fsp3) is 0.162. The third-order valence-corrected chi connectivity index (χ3v) is 7.72. The molecule has 3 amide bonds. The molecule has 4 rings (SSSR count). The minimum Gasteiger partial charge on any atom is -0.481 e. The van der Waals surface area contributed by atoms with Gasteiger partial charge >= 0.3 is 5.97 Å². The molecule has 3 aromatic carbocycles. The highest BCUT2D eigenvalue weighted by Crippen LogP contribution is 2.29. The average molecular weight is 650 g/mol. The lowest BCUT2D eigenvalue weighted by atomic mass is 9.99. The first-order chi connectivity index (χ1) is 22.9. The summed E-state index contributed by atoms with van der Waals surface area (Å²) in [5, 5.41) is 3.13. The van der Waals surface area contributed by atoms with E-state index in [1.54, 1.807) is 62.4 Å². The van der Waals surface area contributed by atoms with E-state index in [1.807, 2.05) is 60.7 Å². The van der Waals surface area contributed by atoms with Gasteiger partial charge in [0.2, 0.25) is 5.91 Å². The van der Waals surface area contributed by atoms with Gasteiger partial charge in [0.25, 0.3) is 11.8 Å². The quantitative estimate of drug-likeness (QED) is 0.104. The maximum Gasteiger partial charge on any atom is 0.344 e. The zero-order valence-electron chi connectivity index (χ0n) is 26.1. The van der Waals surface area contributed by atoms with Crippen molar-refractivity contribution in [2.75, 3.05) is 19.0 Å². The lowest BCUT2D eigenvalue weighted by Crippen LogP contribution is -2.42. The molecule has 3 aromatic rings. The predicted molar refractivity (Wildman–Crippen MR) is 184 cm³/mol. The Hall–Kier alpha value is -5.48. The molecule has 9 nitrogen and oxygen atoms in total. The second-order valence-electron chi connectivity index (χ2n) is 9.95. The van der Waals surface area contributed by atoms with Gasteiger partial charge < -0.3 is 14.8 Å². The van der Waals surface area contributed by atoms with Gasteiger partial charge in [-0.15, -0.1) is 0 Å². The van der Waals surface area contributed by atoms with E-state index in [4.69, 9.17) is 9.47 Å². The topological polar surface area (TPSA) is 114 Å². The molecule has 0 bridgehead atoms. The van der Waals surface area contributed by atoms with Crippen molar-refractivity contribution in [2.24, 2.45) is 4.99 Å². The Kier molecular flexibility index (Phi) is 12.6. The van der Waals surface area contributed by atoms with Crippen molar-refractivity contribution in [3.8, 4) is 5.75 Å². The number of rotatable bonds is 13. The maximum atomic E-state index is 14.0. The largest absolute Gasteiger partial charge is 0.481 e. The average Bonchev–Trinajstić information content (AvgIpc) is 3.09. The van der Waals surface area contributed by atoms with Crippen molar-refractivity contribution < 1.29 is 28.7 Å². The molecular weight excluding hydrogens is 614 g/mol. The summed E-state index contributed by atoms with van der Waals surface area (Å²) in [6, 6.07) is 25.5. The van der Waals surface area contributed by atoms with Crippen molar-refractivity contribution in [3.05, 3.63) is 144 Å². The molecule has 0 saturated heterocycles. The molecule has 47 heavy (non-hydrogen) atoms. The summed E-state index contributed by atoms with van der Waals surface area (Å²) in [5.74, 6) is -2.10. The number of allylic oxidation sites excluding steroid dienone is 4. The number of nitrogens with zero attached hydrogens (tertiary/aromatic N) is 2. The fourth-order valence-electron chi connectivity index (χ4n) is 4.62. The zero-order valence-corrected chi connectivity index (χ0v) is 26.9. The first-order valence-electron chi connectivity index (χ1n) is 14.9. The van der Waals surface area contributed by atoms with E-state index in [2.05, 4.69) is 16.9 Å². The molecule has 1 aliphatic rings. The van der Waals surface area contributed by atoms with Gasteiger partial charge in [0.15, 0.2) is 11.8 Å². The highest BCUT2D eigenvalue weighted by atomic mass is 32.2. The van der Waals surface area contributed by atoms with Crippen LogP contribution in [0.2, 0.25) is 0 Å². The molecule has 0 aliphatic carbocycles. The minimum absolute atomic E-state index is 0.0527. The van der Waals surface area contributed by atoms with Gasteiger partial charge in [0.05, 0.1) is 18.4 Å². The van der Waals surface area contributed by atoms with E-state index < -0.39 is 23.8 Å². The summed E-state index contributed by atoms with van der Waals surface area (Å²) < 4.78 is 10.5. The standard InChI is InChI=1S/C37H35N3O6S/c1-4-7-21-29(5-2)40-36(44)30(23-28-20-14-15-22-31(28)46-24-33(42)45-6-3)35(43)39-37(40)47-25-32(41)38-34(26-16-10-8-11-17-26)27-18-12-9-13-19-27/h4-5,7-23,34H,1,6,24-25H2,2-3H3,(H,38,41)/b21-7-,29-5+,30-23+. The number of ether oxygens (including phenoxy) is 2. The Balaban J connectivity index is 1.61. The minimum atomic E-state index is -0.774. The van der Waals surface area contributed by atoms with Crippen molar-refractivity contribution in [1.29, 1.82) is 0 Å². The molecule has 0 saturated carbocycles. The maximum absolute atomic E-state index is 14.0. The molecule has 0 radical (unpaired) electrons. The zero-order chi connectivity index (χ0) is 33.6. The Bertz CT molecular complexity index is 1690. The van der Waals surface area contributed by atoms with Crippen LogP contribution >= 0.6 is 11.8 Å².